The average Bonchev–Trinajstić information content (AvgIpc) is 2.34. The Morgan fingerprint density at radius 1 is 1.47 bits per heavy atom. The molecule has 0 spiro atoms. The Labute approximate surface area is 133 Å². The van der Waals surface area contributed by atoms with Crippen LogP contribution in [0, 0.1) is 9.49 Å². The van der Waals surface area contributed by atoms with E-state index >= 15 is 0 Å². The molecule has 0 aromatic carbocycles. The van der Waals surface area contributed by atoms with Crippen molar-refractivity contribution in [3.63, 3.8) is 0 Å². The van der Waals surface area contributed by atoms with E-state index in [0.29, 0.717) is 23.5 Å². The molecule has 106 valence electrons. The lowest BCUT2D eigenvalue weighted by Crippen LogP contribution is -2.36. The zero-order valence-electron chi connectivity index (χ0n) is 11.5. The van der Waals surface area contributed by atoms with Crippen LogP contribution in [0.15, 0.2) is 0 Å². The van der Waals surface area contributed by atoms with E-state index in [1.807, 2.05) is 0 Å². The largest absolute Gasteiger partial charge is 0.368 e. The summed E-state index contributed by atoms with van der Waals surface area (Å²) >= 11 is 8.45. The molecule has 0 aliphatic carbocycles. The molecule has 0 N–H and O–H groups in total. The second-order valence-electron chi connectivity index (χ2n) is 5.35. The predicted molar refractivity (Wildman–Crippen MR) is 84.5 cm³/mol. The quantitative estimate of drug-likeness (QED) is 0.583. The zero-order valence-corrected chi connectivity index (χ0v) is 14.4. The summed E-state index contributed by atoms with van der Waals surface area (Å²) in [6.07, 6.45) is 0.843. The summed E-state index contributed by atoms with van der Waals surface area (Å²) in [6, 6.07) is 0. The van der Waals surface area contributed by atoms with Crippen LogP contribution in [0.2, 0.25) is 5.15 Å². The van der Waals surface area contributed by atoms with Gasteiger partial charge in [-0.05, 0) is 42.0 Å². The van der Waals surface area contributed by atoms with E-state index in [1.165, 1.54) is 0 Å². The first-order valence-corrected chi connectivity index (χ1v) is 7.95. The summed E-state index contributed by atoms with van der Waals surface area (Å²) in [6.45, 7) is 6.84. The van der Waals surface area contributed by atoms with Crippen LogP contribution in [0.1, 0.15) is 31.5 Å². The number of ether oxygens (including phenoxy) is 1. The van der Waals surface area contributed by atoms with Crippen molar-refractivity contribution in [2.45, 2.75) is 26.4 Å². The fourth-order valence-electron chi connectivity index (χ4n) is 2.08. The van der Waals surface area contributed by atoms with Gasteiger partial charge in [0.05, 0.1) is 15.9 Å². The summed E-state index contributed by atoms with van der Waals surface area (Å²) in [7, 11) is 2.08. The highest BCUT2D eigenvalue weighted by atomic mass is 127. The van der Waals surface area contributed by atoms with Gasteiger partial charge in [0.25, 0.3) is 0 Å². The van der Waals surface area contributed by atoms with Crippen molar-refractivity contribution in [3.05, 3.63) is 20.2 Å². The molecule has 1 saturated heterocycles. The van der Waals surface area contributed by atoms with Crippen LogP contribution in [0.5, 0.6) is 0 Å². The van der Waals surface area contributed by atoms with Crippen molar-refractivity contribution < 1.29 is 4.74 Å². The lowest BCUT2D eigenvalue weighted by molar-refractivity contribution is -0.0256. The van der Waals surface area contributed by atoms with E-state index in [0.717, 1.165) is 28.8 Å². The van der Waals surface area contributed by atoms with Gasteiger partial charge >= 0.3 is 0 Å². The van der Waals surface area contributed by atoms with Gasteiger partial charge in [0, 0.05) is 13.1 Å². The van der Waals surface area contributed by atoms with Crippen LogP contribution in [-0.4, -0.2) is 41.6 Å². The number of hydrogen-bond donors (Lipinski definition) is 0. The van der Waals surface area contributed by atoms with Gasteiger partial charge in [0.2, 0.25) is 0 Å². The predicted octanol–water partition coefficient (Wildman–Crippen LogP) is 2.94. The average molecular weight is 396 g/mol. The standard InChI is InChI=1S/C13H19ClIN3O/c1-8(2)6-9-11(15)12(14)17-13(16-9)10-7-18(3)4-5-19-10/h8,10H,4-7H2,1-3H3. The van der Waals surface area contributed by atoms with E-state index in [4.69, 9.17) is 16.3 Å². The van der Waals surface area contributed by atoms with Gasteiger partial charge in [0.1, 0.15) is 11.3 Å². The first-order valence-electron chi connectivity index (χ1n) is 6.49. The maximum atomic E-state index is 6.23. The van der Waals surface area contributed by atoms with Gasteiger partial charge in [-0.25, -0.2) is 9.97 Å². The van der Waals surface area contributed by atoms with Crippen molar-refractivity contribution in [2.75, 3.05) is 26.7 Å². The molecule has 2 rings (SSSR count). The maximum absolute atomic E-state index is 6.23. The summed E-state index contributed by atoms with van der Waals surface area (Å²) in [5, 5.41) is 0.540. The summed E-state index contributed by atoms with van der Waals surface area (Å²) in [5.74, 6) is 1.26. The second kappa shape index (κ2) is 6.65. The minimum atomic E-state index is -0.0702. The van der Waals surface area contributed by atoms with E-state index < -0.39 is 0 Å². The molecule has 1 aliphatic heterocycles. The Morgan fingerprint density at radius 2 is 2.21 bits per heavy atom. The number of nitrogens with zero attached hydrogens (tertiary/aromatic N) is 3. The second-order valence-corrected chi connectivity index (χ2v) is 6.79. The smallest absolute Gasteiger partial charge is 0.160 e. The third kappa shape index (κ3) is 4.00. The molecule has 6 heteroatoms. The van der Waals surface area contributed by atoms with E-state index in [2.05, 4.69) is 58.4 Å². The lowest BCUT2D eigenvalue weighted by atomic mass is 10.1. The Hall–Kier alpha value is 0.0200. The van der Waals surface area contributed by atoms with Crippen molar-refractivity contribution in [2.24, 2.45) is 5.92 Å². The zero-order chi connectivity index (χ0) is 14.0. The molecular formula is C13H19ClIN3O. The lowest BCUT2D eigenvalue weighted by Gasteiger charge is -2.29. The third-order valence-electron chi connectivity index (χ3n) is 3.06. The van der Waals surface area contributed by atoms with Crippen molar-refractivity contribution in [3.8, 4) is 0 Å². The fraction of sp³-hybridized carbons (Fsp3) is 0.692. The van der Waals surface area contributed by atoms with E-state index in [1.54, 1.807) is 0 Å². The summed E-state index contributed by atoms with van der Waals surface area (Å²) in [5.41, 5.74) is 1.03. The number of halogens is 2. The van der Waals surface area contributed by atoms with Crippen LogP contribution < -0.4 is 0 Å². The van der Waals surface area contributed by atoms with Gasteiger partial charge in [-0.1, -0.05) is 25.4 Å². The van der Waals surface area contributed by atoms with E-state index in [-0.39, 0.29) is 6.10 Å². The van der Waals surface area contributed by atoms with Gasteiger partial charge < -0.3 is 9.64 Å². The molecule has 2 heterocycles. The Kier molecular flexibility index (Phi) is 5.39. The molecule has 0 saturated carbocycles. The normalized spacial score (nSPS) is 21.1. The molecule has 0 amide bonds. The van der Waals surface area contributed by atoms with Gasteiger partial charge in [0.15, 0.2) is 5.82 Å². The van der Waals surface area contributed by atoms with Gasteiger partial charge in [-0.15, -0.1) is 0 Å². The van der Waals surface area contributed by atoms with E-state index in [9.17, 15) is 0 Å². The minimum Gasteiger partial charge on any atom is -0.368 e. The van der Waals surface area contributed by atoms with Crippen molar-refractivity contribution in [1.29, 1.82) is 0 Å². The fourth-order valence-corrected chi connectivity index (χ4v) is 2.74. The first kappa shape index (κ1) is 15.4. The number of morpholine rings is 1. The Morgan fingerprint density at radius 3 is 2.84 bits per heavy atom. The molecule has 0 bridgehead atoms. The molecule has 0 radical (unpaired) electrons. The highest BCUT2D eigenvalue weighted by Crippen LogP contribution is 2.26. The Balaban J connectivity index is 2.27. The molecule has 19 heavy (non-hydrogen) atoms. The van der Waals surface area contributed by atoms with Crippen molar-refractivity contribution >= 4 is 34.2 Å². The molecule has 1 atom stereocenters. The highest BCUT2D eigenvalue weighted by molar-refractivity contribution is 14.1. The number of aromatic nitrogens is 2. The molecule has 1 aromatic rings. The Bertz CT molecular complexity index is 456. The number of likely N-dealkylation sites (N-methyl/N-ethyl adjacent to an activating group) is 1. The van der Waals surface area contributed by atoms with Crippen LogP contribution in [0.25, 0.3) is 0 Å². The topological polar surface area (TPSA) is 38.2 Å². The monoisotopic (exact) mass is 395 g/mol. The van der Waals surface area contributed by atoms with Gasteiger partial charge in [-0.3, -0.25) is 0 Å². The molecule has 4 nitrogen and oxygen atoms in total. The highest BCUT2D eigenvalue weighted by Gasteiger charge is 2.24. The maximum Gasteiger partial charge on any atom is 0.160 e. The molecule has 1 aromatic heterocycles. The molecular weight excluding hydrogens is 377 g/mol. The third-order valence-corrected chi connectivity index (χ3v) is 4.78. The SMILES string of the molecule is CC(C)Cc1nc(C2CN(C)CCO2)nc(Cl)c1I. The van der Waals surface area contributed by atoms with Crippen LogP contribution >= 0.6 is 34.2 Å². The van der Waals surface area contributed by atoms with Crippen molar-refractivity contribution in [1.82, 2.24) is 14.9 Å². The molecule has 1 aliphatic rings. The number of rotatable bonds is 3. The van der Waals surface area contributed by atoms with Crippen LogP contribution in [0.4, 0.5) is 0 Å². The summed E-state index contributed by atoms with van der Waals surface area (Å²) in [4.78, 5) is 11.3. The molecule has 1 unspecified atom stereocenters. The first-order chi connectivity index (χ1) is 8.97. The van der Waals surface area contributed by atoms with Gasteiger partial charge in [-0.2, -0.15) is 0 Å². The van der Waals surface area contributed by atoms with Crippen LogP contribution in [0.3, 0.4) is 0 Å². The van der Waals surface area contributed by atoms with Crippen LogP contribution in [-0.2, 0) is 11.2 Å². The number of hydrogen-bond acceptors (Lipinski definition) is 4. The minimum absolute atomic E-state index is 0.0702. The molecule has 1 fully saturated rings. The summed E-state index contributed by atoms with van der Waals surface area (Å²) < 4.78 is 6.72.